The fourth-order valence-electron chi connectivity index (χ4n) is 2.12. The second kappa shape index (κ2) is 7.58. The van der Waals surface area contributed by atoms with Crippen molar-refractivity contribution in [1.29, 1.82) is 0 Å². The van der Waals surface area contributed by atoms with Crippen molar-refractivity contribution < 1.29 is 17.9 Å². The van der Waals surface area contributed by atoms with Gasteiger partial charge in [0.15, 0.2) is 23.1 Å². The minimum atomic E-state index is -3.64. The lowest BCUT2D eigenvalue weighted by atomic mass is 10.2. The summed E-state index contributed by atoms with van der Waals surface area (Å²) in [7, 11) is -0.530. The largest absolute Gasteiger partial charge is 0.493 e. The lowest BCUT2D eigenvalue weighted by Gasteiger charge is -2.11. The SMILES string of the molecule is COc1ccc(Nc2ccc(NS(=O)(=O)c3cccs3)nn2)cc1OC. The van der Waals surface area contributed by atoms with Crippen molar-refractivity contribution in [3.05, 3.63) is 47.8 Å². The quantitative estimate of drug-likeness (QED) is 0.637. The number of rotatable bonds is 7. The maximum absolute atomic E-state index is 12.2. The highest BCUT2D eigenvalue weighted by Gasteiger charge is 2.16. The zero-order chi connectivity index (χ0) is 18.6. The van der Waals surface area contributed by atoms with Crippen LogP contribution in [0.25, 0.3) is 0 Å². The molecule has 0 aliphatic rings. The Bertz CT molecular complexity index is 974. The first kappa shape index (κ1) is 18.0. The average molecular weight is 392 g/mol. The molecule has 0 unspecified atom stereocenters. The third-order valence-electron chi connectivity index (χ3n) is 3.32. The third-order valence-corrected chi connectivity index (χ3v) is 6.07. The number of nitrogens with zero attached hydrogens (tertiary/aromatic N) is 2. The van der Waals surface area contributed by atoms with Crippen LogP contribution in [0.4, 0.5) is 17.3 Å². The molecule has 26 heavy (non-hydrogen) atoms. The molecular formula is C16H16N4O4S2. The average Bonchev–Trinajstić information content (AvgIpc) is 3.19. The van der Waals surface area contributed by atoms with Crippen LogP contribution >= 0.6 is 11.3 Å². The number of hydrogen-bond donors (Lipinski definition) is 2. The Labute approximate surface area is 154 Å². The fraction of sp³-hybridized carbons (Fsp3) is 0.125. The third kappa shape index (κ3) is 4.03. The number of sulfonamides is 1. The number of hydrogen-bond acceptors (Lipinski definition) is 8. The highest BCUT2D eigenvalue weighted by atomic mass is 32.2. The Kier molecular flexibility index (Phi) is 5.24. The first-order chi connectivity index (χ1) is 12.5. The van der Waals surface area contributed by atoms with Crippen LogP contribution in [0.2, 0.25) is 0 Å². The molecule has 2 N–H and O–H groups in total. The molecule has 0 fully saturated rings. The van der Waals surface area contributed by atoms with Crippen LogP contribution in [0, 0.1) is 0 Å². The number of nitrogens with one attached hydrogen (secondary N) is 2. The topological polar surface area (TPSA) is 102 Å². The molecule has 0 radical (unpaired) electrons. The van der Waals surface area contributed by atoms with E-state index in [1.165, 1.54) is 12.1 Å². The molecule has 2 aromatic heterocycles. The van der Waals surface area contributed by atoms with Crippen LogP contribution in [0.15, 0.2) is 52.1 Å². The van der Waals surface area contributed by atoms with E-state index in [4.69, 9.17) is 9.47 Å². The summed E-state index contributed by atoms with van der Waals surface area (Å²) in [6, 6.07) is 11.7. The number of aromatic nitrogens is 2. The summed E-state index contributed by atoms with van der Waals surface area (Å²) >= 11 is 1.13. The van der Waals surface area contributed by atoms with E-state index >= 15 is 0 Å². The molecule has 0 bridgehead atoms. The van der Waals surface area contributed by atoms with Gasteiger partial charge in [0, 0.05) is 11.8 Å². The van der Waals surface area contributed by atoms with Crippen molar-refractivity contribution in [2.45, 2.75) is 4.21 Å². The lowest BCUT2D eigenvalue weighted by Crippen LogP contribution is -2.13. The Morgan fingerprint density at radius 2 is 1.69 bits per heavy atom. The van der Waals surface area contributed by atoms with Gasteiger partial charge in [0.25, 0.3) is 10.0 Å². The van der Waals surface area contributed by atoms with Crippen LogP contribution in [0.1, 0.15) is 0 Å². The standard InChI is InChI=1S/C16H16N4O4S2/c1-23-12-6-5-11(10-13(12)24-2)17-14-7-8-15(19-18-14)20-26(21,22)16-4-3-9-25-16/h3-10H,1-2H3,(H,17,18)(H,19,20). The van der Waals surface area contributed by atoms with Gasteiger partial charge in [-0.15, -0.1) is 21.5 Å². The minimum Gasteiger partial charge on any atom is -0.493 e. The van der Waals surface area contributed by atoms with Gasteiger partial charge in [0.1, 0.15) is 4.21 Å². The van der Waals surface area contributed by atoms with Crippen molar-refractivity contribution >= 4 is 38.7 Å². The zero-order valence-corrected chi connectivity index (χ0v) is 15.6. The van der Waals surface area contributed by atoms with Crippen LogP contribution in [0.5, 0.6) is 11.5 Å². The number of ether oxygens (including phenoxy) is 2. The van der Waals surface area contributed by atoms with Gasteiger partial charge >= 0.3 is 0 Å². The van der Waals surface area contributed by atoms with Crippen molar-refractivity contribution in [2.75, 3.05) is 24.3 Å². The van der Waals surface area contributed by atoms with Crippen molar-refractivity contribution in [1.82, 2.24) is 10.2 Å². The Balaban J connectivity index is 1.72. The van der Waals surface area contributed by atoms with Crippen LogP contribution < -0.4 is 19.5 Å². The van der Waals surface area contributed by atoms with Crippen molar-refractivity contribution in [3.8, 4) is 11.5 Å². The summed E-state index contributed by atoms with van der Waals surface area (Å²) in [5.74, 6) is 1.78. The summed E-state index contributed by atoms with van der Waals surface area (Å²) < 4.78 is 37.4. The maximum atomic E-state index is 12.2. The summed E-state index contributed by atoms with van der Waals surface area (Å²) in [6.45, 7) is 0. The zero-order valence-electron chi connectivity index (χ0n) is 14.0. The minimum absolute atomic E-state index is 0.135. The predicted octanol–water partition coefficient (Wildman–Crippen LogP) is 3.10. The summed E-state index contributed by atoms with van der Waals surface area (Å²) in [5.41, 5.74) is 0.726. The Morgan fingerprint density at radius 1 is 0.962 bits per heavy atom. The van der Waals surface area contributed by atoms with E-state index in [2.05, 4.69) is 20.2 Å². The van der Waals surface area contributed by atoms with Gasteiger partial charge in [0.05, 0.1) is 14.2 Å². The molecule has 1 aromatic carbocycles. The van der Waals surface area contributed by atoms with Gasteiger partial charge in [0.2, 0.25) is 0 Å². The van der Waals surface area contributed by atoms with Gasteiger partial charge in [-0.05, 0) is 35.7 Å². The molecule has 0 amide bonds. The summed E-state index contributed by atoms with van der Waals surface area (Å²) in [5, 5.41) is 12.6. The number of benzene rings is 1. The monoisotopic (exact) mass is 392 g/mol. The second-order valence-corrected chi connectivity index (χ2v) is 7.89. The molecule has 0 spiro atoms. The smallest absolute Gasteiger partial charge is 0.272 e. The number of methoxy groups -OCH3 is 2. The van der Waals surface area contributed by atoms with E-state index in [0.717, 1.165) is 17.0 Å². The molecule has 0 aliphatic heterocycles. The fourth-order valence-corrected chi connectivity index (χ4v) is 4.11. The normalized spacial score (nSPS) is 11.0. The first-order valence-corrected chi connectivity index (χ1v) is 9.77. The second-order valence-electron chi connectivity index (χ2n) is 5.04. The van der Waals surface area contributed by atoms with E-state index in [9.17, 15) is 8.42 Å². The van der Waals surface area contributed by atoms with E-state index in [1.807, 2.05) is 0 Å². The summed E-state index contributed by atoms with van der Waals surface area (Å²) in [4.78, 5) is 0. The van der Waals surface area contributed by atoms with Crippen molar-refractivity contribution in [2.24, 2.45) is 0 Å². The van der Waals surface area contributed by atoms with Crippen LogP contribution in [-0.4, -0.2) is 32.8 Å². The molecule has 0 saturated heterocycles. The Morgan fingerprint density at radius 3 is 2.31 bits per heavy atom. The highest BCUT2D eigenvalue weighted by molar-refractivity contribution is 7.94. The highest BCUT2D eigenvalue weighted by Crippen LogP contribution is 2.30. The molecule has 10 heteroatoms. The molecule has 2 heterocycles. The van der Waals surface area contributed by atoms with Crippen LogP contribution in [0.3, 0.4) is 0 Å². The van der Waals surface area contributed by atoms with E-state index in [-0.39, 0.29) is 10.0 Å². The van der Waals surface area contributed by atoms with Gasteiger partial charge in [-0.3, -0.25) is 4.72 Å². The van der Waals surface area contributed by atoms with E-state index in [1.54, 1.807) is 49.9 Å². The Hall–Kier alpha value is -2.85. The van der Waals surface area contributed by atoms with Gasteiger partial charge in [-0.25, -0.2) is 8.42 Å². The molecular weight excluding hydrogens is 376 g/mol. The van der Waals surface area contributed by atoms with Crippen molar-refractivity contribution in [3.63, 3.8) is 0 Å². The van der Waals surface area contributed by atoms with E-state index in [0.29, 0.717) is 17.3 Å². The summed E-state index contributed by atoms with van der Waals surface area (Å²) in [6.07, 6.45) is 0. The van der Waals surface area contributed by atoms with Gasteiger partial charge < -0.3 is 14.8 Å². The first-order valence-electron chi connectivity index (χ1n) is 7.41. The van der Waals surface area contributed by atoms with E-state index < -0.39 is 10.0 Å². The lowest BCUT2D eigenvalue weighted by molar-refractivity contribution is 0.355. The number of anilines is 3. The predicted molar refractivity (Wildman–Crippen MR) is 100.0 cm³/mol. The van der Waals surface area contributed by atoms with Gasteiger partial charge in [-0.1, -0.05) is 6.07 Å². The maximum Gasteiger partial charge on any atom is 0.272 e. The molecule has 0 aliphatic carbocycles. The molecule has 0 atom stereocenters. The molecule has 3 rings (SSSR count). The molecule has 136 valence electrons. The molecule has 3 aromatic rings. The number of thiophene rings is 1. The van der Waals surface area contributed by atoms with Gasteiger partial charge in [-0.2, -0.15) is 0 Å². The molecule has 8 nitrogen and oxygen atoms in total. The molecule has 0 saturated carbocycles. The van der Waals surface area contributed by atoms with Crippen LogP contribution in [-0.2, 0) is 10.0 Å².